The summed E-state index contributed by atoms with van der Waals surface area (Å²) >= 11 is 0. The Kier molecular flexibility index (Phi) is 3.06. The highest BCUT2D eigenvalue weighted by Crippen LogP contribution is 2.39. The van der Waals surface area contributed by atoms with Crippen molar-refractivity contribution < 1.29 is 0 Å². The van der Waals surface area contributed by atoms with E-state index < -0.39 is 0 Å². The molecule has 0 saturated heterocycles. The minimum atomic E-state index is 0.580. The zero-order valence-electron chi connectivity index (χ0n) is 11.6. The van der Waals surface area contributed by atoms with E-state index in [2.05, 4.69) is 42.4 Å². The molecule has 1 aromatic carbocycles. The Morgan fingerprint density at radius 1 is 1.33 bits per heavy atom. The van der Waals surface area contributed by atoms with Crippen LogP contribution in [0.25, 0.3) is 0 Å². The molecule has 1 aromatic rings. The van der Waals surface area contributed by atoms with E-state index in [1.54, 1.807) is 0 Å². The highest BCUT2D eigenvalue weighted by Gasteiger charge is 2.30. The third kappa shape index (κ3) is 2.26. The number of hydrogen-bond acceptors (Lipinski definition) is 2. The maximum atomic E-state index is 3.63. The Labute approximate surface area is 110 Å². The standard InChI is InChI=1S/C16H24N2/c1-16(7-3-8-16)12-17-11-13-4-5-15-14(10-13)6-9-18(15)2/h4-5,10,17H,3,6-9,11-12H2,1-2H3. The number of hydrogen-bond donors (Lipinski definition) is 1. The number of rotatable bonds is 4. The van der Waals surface area contributed by atoms with Crippen molar-refractivity contribution in [1.29, 1.82) is 0 Å². The summed E-state index contributed by atoms with van der Waals surface area (Å²) in [4.78, 5) is 2.35. The van der Waals surface area contributed by atoms with Crippen LogP contribution in [-0.4, -0.2) is 20.1 Å². The van der Waals surface area contributed by atoms with Crippen LogP contribution in [0.5, 0.6) is 0 Å². The number of likely N-dealkylation sites (N-methyl/N-ethyl adjacent to an activating group) is 1. The molecule has 0 aromatic heterocycles. The van der Waals surface area contributed by atoms with E-state index in [0.717, 1.165) is 6.54 Å². The second kappa shape index (κ2) is 4.58. The molecule has 1 saturated carbocycles. The van der Waals surface area contributed by atoms with Crippen LogP contribution in [0.2, 0.25) is 0 Å². The molecule has 1 aliphatic carbocycles. The lowest BCUT2D eigenvalue weighted by Crippen LogP contribution is -2.36. The molecule has 0 amide bonds. The van der Waals surface area contributed by atoms with Gasteiger partial charge in [0.1, 0.15) is 0 Å². The maximum absolute atomic E-state index is 3.63. The van der Waals surface area contributed by atoms with Crippen molar-refractivity contribution in [3.8, 4) is 0 Å². The minimum Gasteiger partial charge on any atom is -0.374 e. The fourth-order valence-electron chi connectivity index (χ4n) is 3.20. The molecule has 3 rings (SSSR count). The summed E-state index contributed by atoms with van der Waals surface area (Å²) in [6.45, 7) is 5.77. The molecule has 0 bridgehead atoms. The van der Waals surface area contributed by atoms with Crippen LogP contribution in [0.3, 0.4) is 0 Å². The predicted molar refractivity (Wildman–Crippen MR) is 77.1 cm³/mol. The van der Waals surface area contributed by atoms with Gasteiger partial charge in [-0.3, -0.25) is 0 Å². The first-order valence-electron chi connectivity index (χ1n) is 7.20. The van der Waals surface area contributed by atoms with Gasteiger partial charge in [0.25, 0.3) is 0 Å². The summed E-state index contributed by atoms with van der Waals surface area (Å²) in [6.07, 6.45) is 5.42. The van der Waals surface area contributed by atoms with Gasteiger partial charge in [-0.1, -0.05) is 25.5 Å². The first-order chi connectivity index (χ1) is 8.66. The Hall–Kier alpha value is -1.02. The van der Waals surface area contributed by atoms with Crippen molar-refractivity contribution in [2.24, 2.45) is 5.41 Å². The van der Waals surface area contributed by atoms with Crippen LogP contribution in [0, 0.1) is 5.41 Å². The SMILES string of the molecule is CN1CCc2cc(CNCC3(C)CCC3)ccc21. The molecule has 1 N–H and O–H groups in total. The molecule has 2 nitrogen and oxygen atoms in total. The first kappa shape index (κ1) is 12.0. The van der Waals surface area contributed by atoms with Gasteiger partial charge in [0.2, 0.25) is 0 Å². The highest BCUT2D eigenvalue weighted by atomic mass is 15.1. The molecule has 1 fully saturated rings. The summed E-state index contributed by atoms with van der Waals surface area (Å²) in [6, 6.07) is 6.94. The van der Waals surface area contributed by atoms with Gasteiger partial charge in [0, 0.05) is 32.4 Å². The first-order valence-corrected chi connectivity index (χ1v) is 7.20. The van der Waals surface area contributed by atoms with E-state index >= 15 is 0 Å². The normalized spacial score (nSPS) is 20.7. The topological polar surface area (TPSA) is 15.3 Å². The summed E-state index contributed by atoms with van der Waals surface area (Å²) in [5.41, 5.74) is 4.96. The quantitative estimate of drug-likeness (QED) is 0.876. The highest BCUT2D eigenvalue weighted by molar-refractivity contribution is 5.58. The number of nitrogens with one attached hydrogen (secondary N) is 1. The van der Waals surface area contributed by atoms with Crippen LogP contribution in [0.4, 0.5) is 5.69 Å². The van der Waals surface area contributed by atoms with Gasteiger partial charge >= 0.3 is 0 Å². The Morgan fingerprint density at radius 2 is 2.17 bits per heavy atom. The molecule has 0 unspecified atom stereocenters. The van der Waals surface area contributed by atoms with Crippen LogP contribution in [-0.2, 0) is 13.0 Å². The van der Waals surface area contributed by atoms with Crippen molar-refractivity contribution in [2.75, 3.05) is 25.0 Å². The lowest BCUT2D eigenvalue weighted by molar-refractivity contribution is 0.156. The molecule has 1 aliphatic heterocycles. The predicted octanol–water partition coefficient (Wildman–Crippen LogP) is 2.96. The summed E-state index contributed by atoms with van der Waals surface area (Å²) in [7, 11) is 2.18. The lowest BCUT2D eigenvalue weighted by Gasteiger charge is -2.38. The van der Waals surface area contributed by atoms with E-state index in [4.69, 9.17) is 0 Å². The van der Waals surface area contributed by atoms with Gasteiger partial charge in [-0.05, 0) is 41.9 Å². The van der Waals surface area contributed by atoms with Gasteiger partial charge in [-0.15, -0.1) is 0 Å². The molecule has 2 heteroatoms. The summed E-state index contributed by atoms with van der Waals surface area (Å²) in [5, 5.41) is 3.63. The zero-order valence-corrected chi connectivity index (χ0v) is 11.6. The fourth-order valence-corrected chi connectivity index (χ4v) is 3.20. The van der Waals surface area contributed by atoms with Crippen molar-refractivity contribution in [3.05, 3.63) is 29.3 Å². The fraction of sp³-hybridized carbons (Fsp3) is 0.625. The number of anilines is 1. The summed E-state index contributed by atoms with van der Waals surface area (Å²) < 4.78 is 0. The Balaban J connectivity index is 1.57. The van der Waals surface area contributed by atoms with Crippen molar-refractivity contribution in [3.63, 3.8) is 0 Å². The second-order valence-electron chi connectivity index (χ2n) is 6.40. The van der Waals surface area contributed by atoms with Gasteiger partial charge in [-0.25, -0.2) is 0 Å². The average Bonchev–Trinajstić information content (AvgIpc) is 2.69. The van der Waals surface area contributed by atoms with Gasteiger partial charge in [0.15, 0.2) is 0 Å². The van der Waals surface area contributed by atoms with Gasteiger partial charge in [-0.2, -0.15) is 0 Å². The maximum Gasteiger partial charge on any atom is 0.0397 e. The van der Waals surface area contributed by atoms with Crippen LogP contribution in [0.1, 0.15) is 37.3 Å². The number of nitrogens with zero attached hydrogens (tertiary/aromatic N) is 1. The monoisotopic (exact) mass is 244 g/mol. The van der Waals surface area contributed by atoms with Crippen molar-refractivity contribution in [1.82, 2.24) is 5.32 Å². The zero-order chi connectivity index (χ0) is 12.6. The van der Waals surface area contributed by atoms with Crippen molar-refractivity contribution >= 4 is 5.69 Å². The third-order valence-corrected chi connectivity index (χ3v) is 4.71. The second-order valence-corrected chi connectivity index (χ2v) is 6.40. The third-order valence-electron chi connectivity index (χ3n) is 4.71. The molecule has 1 heterocycles. The molecular weight excluding hydrogens is 220 g/mol. The minimum absolute atomic E-state index is 0.580. The van der Waals surface area contributed by atoms with E-state index in [-0.39, 0.29) is 0 Å². The summed E-state index contributed by atoms with van der Waals surface area (Å²) in [5.74, 6) is 0. The number of benzene rings is 1. The van der Waals surface area contributed by atoms with Crippen LogP contribution < -0.4 is 10.2 Å². The molecule has 98 valence electrons. The van der Waals surface area contributed by atoms with E-state index in [0.29, 0.717) is 5.41 Å². The van der Waals surface area contributed by atoms with Gasteiger partial charge in [0.05, 0.1) is 0 Å². The van der Waals surface area contributed by atoms with Crippen LogP contribution >= 0.6 is 0 Å². The smallest absolute Gasteiger partial charge is 0.0397 e. The molecule has 0 spiro atoms. The van der Waals surface area contributed by atoms with Crippen molar-refractivity contribution in [2.45, 2.75) is 39.2 Å². The van der Waals surface area contributed by atoms with E-state index in [1.165, 1.54) is 55.6 Å². The Bertz CT molecular complexity index is 435. The molecule has 0 atom stereocenters. The number of fused-ring (bicyclic) bond motifs is 1. The molecular formula is C16H24N2. The molecule has 0 radical (unpaired) electrons. The molecule has 2 aliphatic rings. The molecule has 18 heavy (non-hydrogen) atoms. The average molecular weight is 244 g/mol. The van der Waals surface area contributed by atoms with E-state index in [9.17, 15) is 0 Å². The van der Waals surface area contributed by atoms with E-state index in [1.807, 2.05) is 0 Å². The van der Waals surface area contributed by atoms with Gasteiger partial charge < -0.3 is 10.2 Å². The van der Waals surface area contributed by atoms with Crippen LogP contribution in [0.15, 0.2) is 18.2 Å². The lowest BCUT2D eigenvalue weighted by atomic mass is 9.70. The largest absolute Gasteiger partial charge is 0.374 e. The Morgan fingerprint density at radius 3 is 2.89 bits per heavy atom.